The molecule has 5 atom stereocenters. The van der Waals surface area contributed by atoms with Gasteiger partial charge in [-0.05, 0) is 60.7 Å². The van der Waals surface area contributed by atoms with E-state index in [2.05, 4.69) is 26.0 Å². The average molecular weight is 644 g/mol. The third-order valence-corrected chi connectivity index (χ3v) is 8.07. The first-order chi connectivity index (χ1) is 21.2. The third-order valence-electron chi connectivity index (χ3n) is 7.09. The van der Waals surface area contributed by atoms with Crippen molar-refractivity contribution in [3.05, 3.63) is 81.7 Å². The van der Waals surface area contributed by atoms with Crippen molar-refractivity contribution >= 4 is 27.6 Å². The van der Waals surface area contributed by atoms with E-state index in [0.717, 1.165) is 22.9 Å². The summed E-state index contributed by atoms with van der Waals surface area (Å²) in [5.41, 5.74) is 17.3. The number of nitrogens with one attached hydrogen (secondary N) is 3. The molecule has 0 saturated heterocycles. The van der Waals surface area contributed by atoms with Crippen molar-refractivity contribution in [1.82, 2.24) is 16.0 Å². The molecule has 6 N–H and O–H groups in total. The second kappa shape index (κ2) is 18.1. The van der Waals surface area contributed by atoms with Crippen LogP contribution in [-0.2, 0) is 43.6 Å². The van der Waals surface area contributed by atoms with Gasteiger partial charge in [0, 0.05) is 23.8 Å². The van der Waals surface area contributed by atoms with E-state index in [-0.39, 0.29) is 30.9 Å². The topological polar surface area (TPSA) is 216 Å². The Kier molecular flexibility index (Phi) is 15.0. The first-order valence-corrected chi connectivity index (χ1v) is 16.9. The first kappa shape index (κ1) is 37.2. The van der Waals surface area contributed by atoms with Crippen molar-refractivity contribution in [1.29, 1.82) is 0 Å². The molecule has 0 fully saturated rings. The van der Waals surface area contributed by atoms with Crippen molar-refractivity contribution in [2.75, 3.05) is 12.0 Å². The molecule has 0 bridgehead atoms. The maximum atomic E-state index is 13.5. The fourth-order valence-electron chi connectivity index (χ4n) is 4.68. The summed E-state index contributed by atoms with van der Waals surface area (Å²) >= 11 is 0. The van der Waals surface area contributed by atoms with Gasteiger partial charge in [0.15, 0.2) is 0 Å². The van der Waals surface area contributed by atoms with Crippen LogP contribution in [0.15, 0.2) is 59.7 Å². The maximum Gasteiger partial charge on any atom is 0.245 e. The molecule has 0 aliphatic heterocycles. The quantitative estimate of drug-likeness (QED) is 0.0923. The second-order valence-corrected chi connectivity index (χ2v) is 13.9. The maximum absolute atomic E-state index is 13.5. The highest BCUT2D eigenvalue weighted by Gasteiger charge is 2.32. The van der Waals surface area contributed by atoms with Crippen LogP contribution in [0.25, 0.3) is 10.4 Å². The molecule has 0 aliphatic carbocycles. The summed E-state index contributed by atoms with van der Waals surface area (Å²) in [7, 11) is -3.34. The fraction of sp³-hybridized carbons (Fsp3) is 0.516. The molecule has 246 valence electrons. The Hall–Kier alpha value is -3.97. The van der Waals surface area contributed by atoms with Crippen molar-refractivity contribution in [2.45, 2.75) is 83.3 Å². The predicted octanol–water partition coefficient (Wildman–Crippen LogP) is 1.93. The zero-order chi connectivity index (χ0) is 33.6. The number of aliphatic hydroxyl groups excluding tert-OH is 1. The van der Waals surface area contributed by atoms with Crippen molar-refractivity contribution in [2.24, 2.45) is 16.8 Å². The highest BCUT2D eigenvalue weighted by atomic mass is 32.2. The van der Waals surface area contributed by atoms with Crippen LogP contribution in [-0.4, -0.2) is 73.5 Å². The van der Waals surface area contributed by atoms with Crippen LogP contribution >= 0.6 is 0 Å². The van der Waals surface area contributed by atoms with Gasteiger partial charge in [-0.3, -0.25) is 14.4 Å². The monoisotopic (exact) mass is 643 g/mol. The third kappa shape index (κ3) is 13.7. The molecule has 0 spiro atoms. The van der Waals surface area contributed by atoms with E-state index in [9.17, 15) is 27.9 Å². The minimum Gasteiger partial charge on any atom is -0.391 e. The van der Waals surface area contributed by atoms with Gasteiger partial charge in [0.05, 0.1) is 11.9 Å². The molecule has 13 nitrogen and oxygen atoms in total. The second-order valence-electron chi connectivity index (χ2n) is 11.7. The SMILES string of the molecule is CC(C)C[C@H](NC(=O)[C@@H](Cc1ccccc1)N=[N+]=[N-])C(=O)N[C@H](C(=O)N[C@H](CCS(C)(=O)=O)Cc1ccc(CN)cc1)[C@@H](C)O. The van der Waals surface area contributed by atoms with Crippen LogP contribution in [0.4, 0.5) is 0 Å². The van der Waals surface area contributed by atoms with Gasteiger partial charge in [-0.2, -0.15) is 0 Å². The minimum atomic E-state index is -3.34. The zero-order valence-corrected chi connectivity index (χ0v) is 27.0. The molecule has 2 aromatic carbocycles. The lowest BCUT2D eigenvalue weighted by molar-refractivity contribution is -0.134. The Morgan fingerprint density at radius 1 is 0.889 bits per heavy atom. The van der Waals surface area contributed by atoms with Crippen LogP contribution in [0.5, 0.6) is 0 Å². The van der Waals surface area contributed by atoms with E-state index in [1.165, 1.54) is 6.92 Å². The van der Waals surface area contributed by atoms with Gasteiger partial charge >= 0.3 is 0 Å². The van der Waals surface area contributed by atoms with E-state index in [1.807, 2.05) is 44.2 Å². The van der Waals surface area contributed by atoms with E-state index >= 15 is 0 Å². The van der Waals surface area contributed by atoms with Gasteiger partial charge < -0.3 is 26.8 Å². The van der Waals surface area contributed by atoms with E-state index in [1.54, 1.807) is 24.3 Å². The molecule has 0 heterocycles. The molecule has 45 heavy (non-hydrogen) atoms. The number of carbonyl (C=O) groups is 3. The minimum absolute atomic E-state index is 0.0436. The van der Waals surface area contributed by atoms with E-state index in [0.29, 0.717) is 13.0 Å². The summed E-state index contributed by atoms with van der Waals surface area (Å²) in [6.45, 7) is 5.41. The van der Waals surface area contributed by atoms with Crippen molar-refractivity contribution in [3.63, 3.8) is 0 Å². The highest BCUT2D eigenvalue weighted by Crippen LogP contribution is 2.13. The number of benzene rings is 2. The number of carbonyl (C=O) groups excluding carboxylic acids is 3. The lowest BCUT2D eigenvalue weighted by Gasteiger charge is -2.28. The molecule has 14 heteroatoms. The van der Waals surface area contributed by atoms with Crippen LogP contribution < -0.4 is 21.7 Å². The van der Waals surface area contributed by atoms with E-state index in [4.69, 9.17) is 11.3 Å². The Morgan fingerprint density at radius 3 is 2.02 bits per heavy atom. The molecule has 3 amide bonds. The van der Waals surface area contributed by atoms with E-state index < -0.39 is 57.8 Å². The number of amides is 3. The van der Waals surface area contributed by atoms with Gasteiger partial charge in [-0.15, -0.1) is 0 Å². The summed E-state index contributed by atoms with van der Waals surface area (Å²) in [6.07, 6.45) is 0.526. The molecule has 0 saturated carbocycles. The van der Waals surface area contributed by atoms with Crippen LogP contribution in [0, 0.1) is 5.92 Å². The normalized spacial score (nSPS) is 14.7. The lowest BCUT2D eigenvalue weighted by atomic mass is 10.00. The molecule has 2 rings (SSSR count). The molecule has 0 aromatic heterocycles. The summed E-state index contributed by atoms with van der Waals surface area (Å²) in [6, 6.07) is 12.1. The highest BCUT2D eigenvalue weighted by molar-refractivity contribution is 7.90. The number of sulfone groups is 1. The number of nitrogens with two attached hydrogens (primary N) is 1. The Bertz CT molecular complexity index is 1410. The summed E-state index contributed by atoms with van der Waals surface area (Å²) in [5, 5.41) is 22.1. The van der Waals surface area contributed by atoms with Crippen LogP contribution in [0.1, 0.15) is 50.3 Å². The van der Waals surface area contributed by atoms with Crippen LogP contribution in [0.2, 0.25) is 0 Å². The number of rotatable bonds is 18. The number of azide groups is 1. The molecule has 0 radical (unpaired) electrons. The molecule has 0 aliphatic rings. The van der Waals surface area contributed by atoms with Gasteiger partial charge in [-0.1, -0.05) is 73.6 Å². The Labute approximate surface area is 264 Å². The number of nitrogens with zero attached hydrogens (tertiary/aromatic N) is 3. The molecular formula is C31H45N7O6S. The van der Waals surface area contributed by atoms with Crippen molar-refractivity contribution in [3.8, 4) is 0 Å². The predicted molar refractivity (Wildman–Crippen MR) is 172 cm³/mol. The smallest absolute Gasteiger partial charge is 0.245 e. The number of aliphatic hydroxyl groups is 1. The standard InChI is InChI=1S/C31H45N7O6S/c1-20(2)16-26(35-30(41)27(37-38-33)18-22-8-6-5-7-9-22)29(40)36-28(21(3)39)31(42)34-25(14-15-45(4,43)44)17-23-10-12-24(19-32)13-11-23/h5-13,20-21,25-28,39H,14-19,32H2,1-4H3,(H,34,42)(H,35,41)(H,36,40)/t21-,25-,26+,27-,28+/m1/s1. The summed E-state index contributed by atoms with van der Waals surface area (Å²) < 4.78 is 23.8. The summed E-state index contributed by atoms with van der Waals surface area (Å²) in [4.78, 5) is 42.8. The van der Waals surface area contributed by atoms with Gasteiger partial charge in [-0.25, -0.2) is 8.42 Å². The Balaban J connectivity index is 2.21. The molecule has 2 aromatic rings. The fourth-order valence-corrected chi connectivity index (χ4v) is 5.40. The van der Waals surface area contributed by atoms with Gasteiger partial charge in [0.1, 0.15) is 28.0 Å². The number of hydrogen-bond donors (Lipinski definition) is 5. The molecular weight excluding hydrogens is 598 g/mol. The average Bonchev–Trinajstić information content (AvgIpc) is 2.98. The Morgan fingerprint density at radius 2 is 1.49 bits per heavy atom. The first-order valence-electron chi connectivity index (χ1n) is 14.8. The van der Waals surface area contributed by atoms with Gasteiger partial charge in [0.25, 0.3) is 0 Å². The lowest BCUT2D eigenvalue weighted by Crippen LogP contribution is -2.59. The zero-order valence-electron chi connectivity index (χ0n) is 26.2. The van der Waals surface area contributed by atoms with Crippen molar-refractivity contribution < 1.29 is 27.9 Å². The largest absolute Gasteiger partial charge is 0.391 e. The number of hydrogen-bond acceptors (Lipinski definition) is 8. The summed E-state index contributed by atoms with van der Waals surface area (Å²) in [5.74, 6) is -2.29. The van der Waals surface area contributed by atoms with Gasteiger partial charge in [0.2, 0.25) is 17.7 Å². The van der Waals surface area contributed by atoms with Crippen LogP contribution in [0.3, 0.4) is 0 Å². The molecule has 0 unspecified atom stereocenters.